The number of nitrogens with one attached hydrogen (secondary N) is 1. The van der Waals surface area contributed by atoms with Gasteiger partial charge in [0.1, 0.15) is 0 Å². The summed E-state index contributed by atoms with van der Waals surface area (Å²) in [6, 6.07) is 10.3. The van der Waals surface area contributed by atoms with Crippen molar-refractivity contribution in [1.29, 1.82) is 0 Å². The highest BCUT2D eigenvalue weighted by atomic mass is 32.1. The quantitative estimate of drug-likeness (QED) is 0.839. The van der Waals surface area contributed by atoms with Crippen LogP contribution in [0, 0.1) is 0 Å². The first-order chi connectivity index (χ1) is 9.15. The first-order valence-corrected chi connectivity index (χ1v) is 6.45. The van der Waals surface area contributed by atoms with Gasteiger partial charge in [0.2, 0.25) is 11.8 Å². The summed E-state index contributed by atoms with van der Waals surface area (Å²) in [5.41, 5.74) is 6.16. The molecule has 0 aliphatic carbocycles. The van der Waals surface area contributed by atoms with E-state index in [1.807, 2.05) is 17.5 Å². The molecule has 0 aliphatic heterocycles. The molecule has 2 rings (SSSR count). The minimum atomic E-state index is -0.490. The molecule has 1 aromatic carbocycles. The lowest BCUT2D eigenvalue weighted by atomic mass is 10.2. The van der Waals surface area contributed by atoms with Crippen LogP contribution in [0.2, 0.25) is 0 Å². The summed E-state index contributed by atoms with van der Waals surface area (Å²) in [7, 11) is 0. The molecular weight excluding hydrogens is 260 g/mol. The highest BCUT2D eigenvalue weighted by Gasteiger charge is 2.01. The number of amides is 2. The molecule has 2 aromatic rings. The maximum absolute atomic E-state index is 11.6. The van der Waals surface area contributed by atoms with Gasteiger partial charge < -0.3 is 11.1 Å². The van der Waals surface area contributed by atoms with E-state index in [-0.39, 0.29) is 5.91 Å². The van der Waals surface area contributed by atoms with E-state index in [1.165, 1.54) is 6.08 Å². The van der Waals surface area contributed by atoms with Crippen molar-refractivity contribution in [3.05, 3.63) is 58.3 Å². The predicted octanol–water partition coefficient (Wildman–Crippen LogP) is 2.50. The predicted molar refractivity (Wildman–Crippen MR) is 76.9 cm³/mol. The molecule has 0 bridgehead atoms. The number of carbonyl (C=O) groups is 2. The Labute approximate surface area is 114 Å². The lowest BCUT2D eigenvalue weighted by molar-refractivity contribution is -0.111. The lowest BCUT2D eigenvalue weighted by Crippen LogP contribution is -2.11. The molecule has 0 atom stereocenters. The molecule has 0 saturated carbocycles. The van der Waals surface area contributed by atoms with Crippen molar-refractivity contribution in [1.82, 2.24) is 0 Å². The molecule has 1 heterocycles. The molecule has 0 unspecified atom stereocenters. The third kappa shape index (κ3) is 3.79. The standard InChI is InChI=1S/C14H12N2O2S/c15-14(18)10-3-5-11(6-4-10)16-13(17)8-7-12-2-1-9-19-12/h1-9H,(H2,15,18)(H,16,17). The maximum Gasteiger partial charge on any atom is 0.248 e. The number of anilines is 1. The second kappa shape index (κ2) is 5.97. The van der Waals surface area contributed by atoms with Crippen LogP contribution in [-0.2, 0) is 4.79 Å². The fraction of sp³-hybridized carbons (Fsp3) is 0. The molecule has 19 heavy (non-hydrogen) atoms. The van der Waals surface area contributed by atoms with Gasteiger partial charge in [-0.1, -0.05) is 6.07 Å². The van der Waals surface area contributed by atoms with Gasteiger partial charge in [-0.3, -0.25) is 9.59 Å². The number of carbonyl (C=O) groups excluding carboxylic acids is 2. The van der Waals surface area contributed by atoms with Crippen molar-refractivity contribution in [2.45, 2.75) is 0 Å². The van der Waals surface area contributed by atoms with Gasteiger partial charge in [-0.15, -0.1) is 11.3 Å². The molecule has 1 aromatic heterocycles. The topological polar surface area (TPSA) is 72.2 Å². The molecule has 4 nitrogen and oxygen atoms in total. The Balaban J connectivity index is 1.97. The van der Waals surface area contributed by atoms with E-state index >= 15 is 0 Å². The molecule has 0 spiro atoms. The van der Waals surface area contributed by atoms with Crippen LogP contribution in [0.4, 0.5) is 5.69 Å². The van der Waals surface area contributed by atoms with Crippen molar-refractivity contribution in [2.75, 3.05) is 5.32 Å². The van der Waals surface area contributed by atoms with Crippen LogP contribution in [0.1, 0.15) is 15.2 Å². The Morgan fingerprint density at radius 3 is 2.47 bits per heavy atom. The number of nitrogens with two attached hydrogens (primary N) is 1. The smallest absolute Gasteiger partial charge is 0.248 e. The third-order valence-corrected chi connectivity index (χ3v) is 3.22. The highest BCUT2D eigenvalue weighted by molar-refractivity contribution is 7.10. The normalized spacial score (nSPS) is 10.5. The summed E-state index contributed by atoms with van der Waals surface area (Å²) < 4.78 is 0. The minimum Gasteiger partial charge on any atom is -0.366 e. The van der Waals surface area contributed by atoms with Crippen LogP contribution >= 0.6 is 11.3 Å². The monoisotopic (exact) mass is 272 g/mol. The van der Waals surface area contributed by atoms with E-state index < -0.39 is 5.91 Å². The second-order valence-corrected chi connectivity index (χ2v) is 4.76. The number of primary amides is 1. The van der Waals surface area contributed by atoms with E-state index in [2.05, 4.69) is 5.32 Å². The van der Waals surface area contributed by atoms with E-state index in [0.29, 0.717) is 11.3 Å². The number of hydrogen-bond acceptors (Lipinski definition) is 3. The zero-order valence-corrected chi connectivity index (χ0v) is 10.8. The van der Waals surface area contributed by atoms with Gasteiger partial charge in [0.05, 0.1) is 0 Å². The first kappa shape index (κ1) is 13.0. The summed E-state index contributed by atoms with van der Waals surface area (Å²) >= 11 is 1.56. The van der Waals surface area contributed by atoms with E-state index in [9.17, 15) is 9.59 Å². The van der Waals surface area contributed by atoms with Gasteiger partial charge in [-0.2, -0.15) is 0 Å². The average molecular weight is 272 g/mol. The van der Waals surface area contributed by atoms with Crippen LogP contribution in [0.3, 0.4) is 0 Å². The van der Waals surface area contributed by atoms with E-state index in [4.69, 9.17) is 5.73 Å². The Hall–Kier alpha value is -2.40. The van der Waals surface area contributed by atoms with Gasteiger partial charge in [-0.05, 0) is 41.8 Å². The highest BCUT2D eigenvalue weighted by Crippen LogP contribution is 2.11. The fourth-order valence-electron chi connectivity index (χ4n) is 1.45. The average Bonchev–Trinajstić information content (AvgIpc) is 2.90. The zero-order valence-electron chi connectivity index (χ0n) is 10.00. The van der Waals surface area contributed by atoms with Crippen molar-refractivity contribution in [3.8, 4) is 0 Å². The van der Waals surface area contributed by atoms with Crippen molar-refractivity contribution in [3.63, 3.8) is 0 Å². The summed E-state index contributed by atoms with van der Waals surface area (Å²) in [6.07, 6.45) is 3.21. The van der Waals surface area contributed by atoms with Gasteiger partial charge >= 0.3 is 0 Å². The SMILES string of the molecule is NC(=O)c1ccc(NC(=O)C=Cc2cccs2)cc1. The van der Waals surface area contributed by atoms with Crippen molar-refractivity contribution < 1.29 is 9.59 Å². The zero-order chi connectivity index (χ0) is 13.7. The van der Waals surface area contributed by atoms with E-state index in [0.717, 1.165) is 4.88 Å². The van der Waals surface area contributed by atoms with Gasteiger partial charge in [0, 0.05) is 22.2 Å². The van der Waals surface area contributed by atoms with Crippen LogP contribution in [0.5, 0.6) is 0 Å². The maximum atomic E-state index is 11.6. The van der Waals surface area contributed by atoms with Crippen LogP contribution in [0.15, 0.2) is 47.9 Å². The molecule has 0 saturated heterocycles. The Kier molecular flexibility index (Phi) is 4.10. The van der Waals surface area contributed by atoms with Crippen LogP contribution in [-0.4, -0.2) is 11.8 Å². The molecular formula is C14H12N2O2S. The Bertz CT molecular complexity index is 601. The van der Waals surface area contributed by atoms with Crippen LogP contribution in [0.25, 0.3) is 6.08 Å². The molecule has 2 amide bonds. The second-order valence-electron chi connectivity index (χ2n) is 3.78. The van der Waals surface area contributed by atoms with E-state index in [1.54, 1.807) is 41.7 Å². The lowest BCUT2D eigenvalue weighted by Gasteiger charge is -2.02. The Morgan fingerprint density at radius 2 is 1.89 bits per heavy atom. The molecule has 3 N–H and O–H groups in total. The number of benzene rings is 1. The Morgan fingerprint density at radius 1 is 1.16 bits per heavy atom. The molecule has 0 aliphatic rings. The minimum absolute atomic E-state index is 0.222. The van der Waals surface area contributed by atoms with Crippen molar-refractivity contribution >= 4 is 34.9 Å². The van der Waals surface area contributed by atoms with Crippen molar-refractivity contribution in [2.24, 2.45) is 5.73 Å². The van der Waals surface area contributed by atoms with Gasteiger partial charge in [0.25, 0.3) is 0 Å². The molecule has 0 radical (unpaired) electrons. The number of thiophene rings is 1. The number of hydrogen-bond donors (Lipinski definition) is 2. The summed E-state index contributed by atoms with van der Waals surface area (Å²) in [5, 5.41) is 4.64. The molecule has 0 fully saturated rings. The summed E-state index contributed by atoms with van der Waals surface area (Å²) in [5.74, 6) is -0.712. The molecule has 96 valence electrons. The third-order valence-electron chi connectivity index (χ3n) is 2.38. The fourth-order valence-corrected chi connectivity index (χ4v) is 2.06. The van der Waals surface area contributed by atoms with Gasteiger partial charge in [0.15, 0.2) is 0 Å². The first-order valence-electron chi connectivity index (χ1n) is 5.57. The largest absolute Gasteiger partial charge is 0.366 e. The summed E-state index contributed by atoms with van der Waals surface area (Å²) in [6.45, 7) is 0. The number of rotatable bonds is 4. The summed E-state index contributed by atoms with van der Waals surface area (Å²) in [4.78, 5) is 23.5. The van der Waals surface area contributed by atoms with Gasteiger partial charge in [-0.25, -0.2) is 0 Å². The molecule has 5 heteroatoms. The van der Waals surface area contributed by atoms with Crippen LogP contribution < -0.4 is 11.1 Å².